The van der Waals surface area contributed by atoms with Gasteiger partial charge in [0.05, 0.1) is 22.6 Å². The minimum absolute atomic E-state index is 0.0361. The Morgan fingerprint density at radius 1 is 0.950 bits per heavy atom. The van der Waals surface area contributed by atoms with E-state index in [2.05, 4.69) is 4.98 Å². The Kier molecular flexibility index (Phi) is 3.14. The molecule has 0 radical (unpaired) electrons. The van der Waals surface area contributed by atoms with Crippen LogP contribution in [0.3, 0.4) is 0 Å². The van der Waals surface area contributed by atoms with Gasteiger partial charge in [-0.2, -0.15) is 0 Å². The van der Waals surface area contributed by atoms with Gasteiger partial charge in [0.2, 0.25) is 0 Å². The van der Waals surface area contributed by atoms with Crippen LogP contribution in [0, 0.1) is 17.5 Å². The summed E-state index contributed by atoms with van der Waals surface area (Å²) in [6.07, 6.45) is 0. The van der Waals surface area contributed by atoms with Crippen molar-refractivity contribution in [3.63, 3.8) is 0 Å². The molecule has 20 heavy (non-hydrogen) atoms. The summed E-state index contributed by atoms with van der Waals surface area (Å²) in [4.78, 5) is 4.17. The lowest BCUT2D eigenvalue weighted by Gasteiger charge is -2.08. The van der Waals surface area contributed by atoms with Gasteiger partial charge in [0.15, 0.2) is 0 Å². The van der Waals surface area contributed by atoms with Gasteiger partial charge < -0.3 is 0 Å². The molecule has 0 bridgehead atoms. The van der Waals surface area contributed by atoms with Gasteiger partial charge in [0, 0.05) is 12.1 Å². The first kappa shape index (κ1) is 13.0. The number of nitrogens with zero attached hydrogens (tertiary/aromatic N) is 2. The van der Waals surface area contributed by atoms with Gasteiger partial charge >= 0.3 is 0 Å². The lowest BCUT2D eigenvalue weighted by molar-refractivity contribution is 0.581. The summed E-state index contributed by atoms with van der Waals surface area (Å²) in [5.74, 6) is -1.42. The second kappa shape index (κ2) is 4.83. The average Bonchev–Trinajstić information content (AvgIpc) is 2.74. The molecule has 0 saturated heterocycles. The van der Waals surface area contributed by atoms with E-state index in [1.807, 2.05) is 0 Å². The van der Waals surface area contributed by atoms with E-state index in [9.17, 15) is 13.2 Å². The van der Waals surface area contributed by atoms with E-state index in [4.69, 9.17) is 11.6 Å². The molecule has 0 unspecified atom stereocenters. The lowest BCUT2D eigenvalue weighted by atomic mass is 10.2. The molecule has 102 valence electrons. The lowest BCUT2D eigenvalue weighted by Crippen LogP contribution is -2.00. The Balaban J connectivity index is 2.33. The number of imidazole rings is 1. The van der Waals surface area contributed by atoms with Gasteiger partial charge in [-0.05, 0) is 24.3 Å². The molecule has 3 rings (SSSR count). The fourth-order valence-electron chi connectivity index (χ4n) is 2.15. The molecule has 3 aromatic rings. The van der Waals surface area contributed by atoms with E-state index in [0.29, 0.717) is 16.9 Å². The highest BCUT2D eigenvalue weighted by Crippen LogP contribution is 2.24. The molecule has 0 aliphatic heterocycles. The van der Waals surface area contributed by atoms with Crippen molar-refractivity contribution in [2.75, 3.05) is 0 Å². The standard InChI is InChI=1S/C14H8ClF3N2/c15-7-14-19-12-6-8(16)1-2-13(12)20(14)11-4-9(17)3-10(18)5-11/h1-6H,7H2. The zero-order chi connectivity index (χ0) is 14.3. The van der Waals surface area contributed by atoms with Gasteiger partial charge in [-0.15, -0.1) is 11.6 Å². The molecular weight excluding hydrogens is 289 g/mol. The van der Waals surface area contributed by atoms with Crippen molar-refractivity contribution in [1.29, 1.82) is 0 Å². The van der Waals surface area contributed by atoms with Crippen molar-refractivity contribution >= 4 is 22.6 Å². The van der Waals surface area contributed by atoms with Crippen LogP contribution in [0.1, 0.15) is 5.82 Å². The van der Waals surface area contributed by atoms with Crippen LogP contribution >= 0.6 is 11.6 Å². The third kappa shape index (κ3) is 2.14. The zero-order valence-electron chi connectivity index (χ0n) is 10.1. The van der Waals surface area contributed by atoms with Crippen LogP contribution in [0.4, 0.5) is 13.2 Å². The quantitative estimate of drug-likeness (QED) is 0.649. The maximum atomic E-state index is 13.4. The molecule has 0 atom stereocenters. The second-order valence-corrected chi connectivity index (χ2v) is 4.53. The molecule has 0 saturated carbocycles. The molecule has 1 aromatic heterocycles. The molecule has 0 amide bonds. The van der Waals surface area contributed by atoms with Crippen molar-refractivity contribution in [1.82, 2.24) is 9.55 Å². The number of hydrogen-bond donors (Lipinski definition) is 0. The highest BCUT2D eigenvalue weighted by Gasteiger charge is 2.13. The summed E-state index contributed by atoms with van der Waals surface area (Å²) >= 11 is 5.81. The first-order valence-electron chi connectivity index (χ1n) is 5.78. The topological polar surface area (TPSA) is 17.8 Å². The predicted octanol–water partition coefficient (Wildman–Crippen LogP) is 4.18. The molecular formula is C14H8ClF3N2. The van der Waals surface area contributed by atoms with E-state index >= 15 is 0 Å². The Bertz CT molecular complexity index is 778. The fraction of sp³-hybridized carbons (Fsp3) is 0.0714. The third-order valence-corrected chi connectivity index (χ3v) is 3.15. The predicted molar refractivity (Wildman–Crippen MR) is 70.5 cm³/mol. The summed E-state index contributed by atoms with van der Waals surface area (Å²) in [6, 6.07) is 7.12. The molecule has 0 aliphatic rings. The Hall–Kier alpha value is -2.01. The van der Waals surface area contributed by atoms with Gasteiger partial charge in [-0.1, -0.05) is 0 Å². The number of fused-ring (bicyclic) bond motifs is 1. The first-order valence-corrected chi connectivity index (χ1v) is 6.31. The summed E-state index contributed by atoms with van der Waals surface area (Å²) in [6.45, 7) is 0. The molecule has 0 spiro atoms. The number of benzene rings is 2. The molecule has 0 aliphatic carbocycles. The summed E-state index contributed by atoms with van der Waals surface area (Å²) in [7, 11) is 0. The van der Waals surface area contributed by atoms with Crippen LogP contribution in [0.15, 0.2) is 36.4 Å². The number of alkyl halides is 1. The fourth-order valence-corrected chi connectivity index (χ4v) is 2.33. The van der Waals surface area contributed by atoms with Crippen molar-refractivity contribution in [2.24, 2.45) is 0 Å². The zero-order valence-corrected chi connectivity index (χ0v) is 10.8. The van der Waals surface area contributed by atoms with Gasteiger partial charge in [-0.3, -0.25) is 4.57 Å². The molecule has 2 aromatic carbocycles. The van der Waals surface area contributed by atoms with Crippen LogP contribution < -0.4 is 0 Å². The molecule has 1 heterocycles. The van der Waals surface area contributed by atoms with E-state index in [-0.39, 0.29) is 11.6 Å². The number of halogens is 4. The van der Waals surface area contributed by atoms with Crippen LogP contribution in [0.2, 0.25) is 0 Å². The van der Waals surface area contributed by atoms with Crippen molar-refractivity contribution in [2.45, 2.75) is 5.88 Å². The van der Waals surface area contributed by atoms with E-state index in [1.54, 1.807) is 0 Å². The maximum Gasteiger partial charge on any atom is 0.129 e. The second-order valence-electron chi connectivity index (χ2n) is 4.26. The van der Waals surface area contributed by atoms with Crippen molar-refractivity contribution in [3.05, 3.63) is 59.7 Å². The van der Waals surface area contributed by atoms with E-state index < -0.39 is 17.5 Å². The third-order valence-electron chi connectivity index (χ3n) is 2.91. The van der Waals surface area contributed by atoms with Crippen LogP contribution in [-0.4, -0.2) is 9.55 Å². The van der Waals surface area contributed by atoms with Crippen LogP contribution in [-0.2, 0) is 5.88 Å². The summed E-state index contributed by atoms with van der Waals surface area (Å²) in [5.41, 5.74) is 1.17. The van der Waals surface area contributed by atoms with Crippen LogP contribution in [0.25, 0.3) is 16.7 Å². The molecule has 6 heteroatoms. The Labute approximate surface area is 117 Å². The SMILES string of the molecule is Fc1cc(F)cc(-n2c(CCl)nc3cc(F)ccc32)c1. The minimum atomic E-state index is -0.704. The summed E-state index contributed by atoms with van der Waals surface area (Å²) < 4.78 is 41.4. The first-order chi connectivity index (χ1) is 9.58. The Morgan fingerprint density at radius 2 is 1.65 bits per heavy atom. The normalized spacial score (nSPS) is 11.2. The monoisotopic (exact) mass is 296 g/mol. The molecule has 0 fully saturated rings. The summed E-state index contributed by atoms with van der Waals surface area (Å²) in [5, 5.41) is 0. The van der Waals surface area contributed by atoms with Crippen LogP contribution in [0.5, 0.6) is 0 Å². The number of aromatic nitrogens is 2. The maximum absolute atomic E-state index is 13.4. The van der Waals surface area contributed by atoms with Gasteiger partial charge in [-0.25, -0.2) is 18.2 Å². The van der Waals surface area contributed by atoms with E-state index in [0.717, 1.165) is 6.07 Å². The van der Waals surface area contributed by atoms with E-state index in [1.165, 1.54) is 34.9 Å². The Morgan fingerprint density at radius 3 is 2.30 bits per heavy atom. The smallest absolute Gasteiger partial charge is 0.129 e. The van der Waals surface area contributed by atoms with Gasteiger partial charge in [0.1, 0.15) is 23.3 Å². The average molecular weight is 297 g/mol. The highest BCUT2D eigenvalue weighted by atomic mass is 35.5. The molecule has 0 N–H and O–H groups in total. The number of hydrogen-bond acceptors (Lipinski definition) is 1. The largest absolute Gasteiger partial charge is 0.295 e. The molecule has 2 nitrogen and oxygen atoms in total. The number of rotatable bonds is 2. The van der Waals surface area contributed by atoms with Gasteiger partial charge in [0.25, 0.3) is 0 Å². The van der Waals surface area contributed by atoms with Crippen molar-refractivity contribution in [3.8, 4) is 5.69 Å². The highest BCUT2D eigenvalue weighted by molar-refractivity contribution is 6.17. The minimum Gasteiger partial charge on any atom is -0.295 e. The van der Waals surface area contributed by atoms with Crippen molar-refractivity contribution < 1.29 is 13.2 Å².